The Bertz CT molecular complexity index is 533. The van der Waals surface area contributed by atoms with Crippen LogP contribution in [0.2, 0.25) is 0 Å². The molecule has 2 rings (SSSR count). The van der Waals surface area contributed by atoms with Gasteiger partial charge in [0.2, 0.25) is 0 Å². The van der Waals surface area contributed by atoms with Crippen molar-refractivity contribution in [1.82, 2.24) is 0 Å². The average Bonchev–Trinajstić information content (AvgIpc) is 2.55. The number of nitrogens with zero attached hydrogens (tertiary/aromatic N) is 1. The summed E-state index contributed by atoms with van der Waals surface area (Å²) in [5.74, 6) is 0.769. The lowest BCUT2D eigenvalue weighted by molar-refractivity contribution is 0.374. The summed E-state index contributed by atoms with van der Waals surface area (Å²) in [5, 5.41) is 8.79. The fourth-order valence-electron chi connectivity index (χ4n) is 3.32. The predicted octanol–water partition coefficient (Wildman–Crippen LogP) is 6.11. The monoisotopic (exact) mass is 299 g/mol. The lowest BCUT2D eigenvalue weighted by Gasteiger charge is -2.27. The van der Waals surface area contributed by atoms with Gasteiger partial charge in [0.05, 0.1) is 5.56 Å². The molecule has 1 aliphatic rings. The van der Waals surface area contributed by atoms with Crippen molar-refractivity contribution < 1.29 is 4.39 Å². The van der Waals surface area contributed by atoms with Gasteiger partial charge in [-0.3, -0.25) is 0 Å². The van der Waals surface area contributed by atoms with Crippen LogP contribution in [0, 0.1) is 23.1 Å². The van der Waals surface area contributed by atoms with Gasteiger partial charge in [-0.25, -0.2) is 4.39 Å². The second kappa shape index (κ2) is 8.73. The van der Waals surface area contributed by atoms with Gasteiger partial charge in [0.25, 0.3) is 0 Å². The summed E-state index contributed by atoms with van der Waals surface area (Å²) in [6.07, 6.45) is 14.5. The third kappa shape index (κ3) is 4.70. The molecule has 1 aromatic carbocycles. The molecule has 118 valence electrons. The van der Waals surface area contributed by atoms with E-state index in [4.69, 9.17) is 5.26 Å². The van der Waals surface area contributed by atoms with Crippen LogP contribution >= 0.6 is 0 Å². The minimum atomic E-state index is -0.377. The largest absolute Gasteiger partial charge is 0.206 e. The molecule has 22 heavy (non-hydrogen) atoms. The van der Waals surface area contributed by atoms with E-state index in [2.05, 4.69) is 19.1 Å². The summed E-state index contributed by atoms with van der Waals surface area (Å²) in [6, 6.07) is 6.98. The van der Waals surface area contributed by atoms with Crippen molar-refractivity contribution in [3.8, 4) is 6.07 Å². The first-order chi connectivity index (χ1) is 10.7. The van der Waals surface area contributed by atoms with Gasteiger partial charge in [-0.05, 0) is 68.1 Å². The van der Waals surface area contributed by atoms with E-state index >= 15 is 0 Å². The quantitative estimate of drug-likeness (QED) is 0.459. The van der Waals surface area contributed by atoms with Crippen LogP contribution in [-0.4, -0.2) is 0 Å². The zero-order valence-electron chi connectivity index (χ0n) is 13.5. The Hall–Kier alpha value is -1.62. The minimum absolute atomic E-state index is 0.146. The Labute approximate surface area is 133 Å². The van der Waals surface area contributed by atoms with Crippen LogP contribution in [-0.2, 0) is 0 Å². The molecule has 0 unspecified atom stereocenters. The van der Waals surface area contributed by atoms with Crippen LogP contribution in [0.5, 0.6) is 0 Å². The molecule has 0 spiro atoms. The minimum Gasteiger partial charge on any atom is -0.206 e. The van der Waals surface area contributed by atoms with Crippen LogP contribution in [0.25, 0.3) is 0 Å². The molecule has 0 saturated heterocycles. The number of hydrogen-bond acceptors (Lipinski definition) is 1. The van der Waals surface area contributed by atoms with Gasteiger partial charge in [-0.15, -0.1) is 0 Å². The van der Waals surface area contributed by atoms with E-state index in [-0.39, 0.29) is 11.4 Å². The maximum atomic E-state index is 13.7. The third-order valence-corrected chi connectivity index (χ3v) is 4.74. The molecular weight excluding hydrogens is 273 g/mol. The van der Waals surface area contributed by atoms with E-state index < -0.39 is 0 Å². The average molecular weight is 299 g/mol. The molecule has 0 aromatic heterocycles. The molecule has 0 amide bonds. The second-order valence-corrected chi connectivity index (χ2v) is 6.39. The van der Waals surface area contributed by atoms with Crippen molar-refractivity contribution >= 4 is 0 Å². The van der Waals surface area contributed by atoms with E-state index in [9.17, 15) is 4.39 Å². The van der Waals surface area contributed by atoms with Gasteiger partial charge in [-0.2, -0.15) is 5.26 Å². The molecule has 0 atom stereocenters. The molecular formula is C20H26FN. The highest BCUT2D eigenvalue weighted by atomic mass is 19.1. The Balaban J connectivity index is 1.82. The normalized spacial score (nSPS) is 21.9. The highest BCUT2D eigenvalue weighted by Crippen LogP contribution is 2.36. The molecule has 1 aromatic rings. The summed E-state index contributed by atoms with van der Waals surface area (Å²) < 4.78 is 13.7. The number of allylic oxidation sites excluding steroid dienone is 2. The van der Waals surface area contributed by atoms with Crippen LogP contribution in [0.4, 0.5) is 4.39 Å². The van der Waals surface area contributed by atoms with E-state index in [1.165, 1.54) is 38.5 Å². The Morgan fingerprint density at radius 2 is 2.00 bits per heavy atom. The fourth-order valence-corrected chi connectivity index (χ4v) is 3.32. The first-order valence-corrected chi connectivity index (χ1v) is 8.60. The van der Waals surface area contributed by atoms with Crippen molar-refractivity contribution in [2.24, 2.45) is 5.92 Å². The highest BCUT2D eigenvalue weighted by molar-refractivity contribution is 5.35. The Kier molecular flexibility index (Phi) is 6.65. The van der Waals surface area contributed by atoms with E-state index in [0.29, 0.717) is 11.8 Å². The van der Waals surface area contributed by atoms with Gasteiger partial charge in [-0.1, -0.05) is 38.0 Å². The van der Waals surface area contributed by atoms with Gasteiger partial charge in [0.1, 0.15) is 11.9 Å². The van der Waals surface area contributed by atoms with Gasteiger partial charge in [0, 0.05) is 0 Å². The number of rotatable bonds is 6. The molecule has 1 fully saturated rings. The van der Waals surface area contributed by atoms with E-state index in [1.807, 2.05) is 12.1 Å². The van der Waals surface area contributed by atoms with Crippen molar-refractivity contribution in [1.29, 1.82) is 5.26 Å². The van der Waals surface area contributed by atoms with Crippen molar-refractivity contribution in [3.05, 3.63) is 47.3 Å². The lowest BCUT2D eigenvalue weighted by atomic mass is 9.78. The van der Waals surface area contributed by atoms with E-state index in [0.717, 1.165) is 18.4 Å². The zero-order valence-corrected chi connectivity index (χ0v) is 13.5. The molecule has 0 radical (unpaired) electrons. The number of nitriles is 1. The topological polar surface area (TPSA) is 23.8 Å². The smallest absolute Gasteiger partial charge is 0.141 e. The highest BCUT2D eigenvalue weighted by Gasteiger charge is 2.21. The molecule has 0 bridgehead atoms. The van der Waals surface area contributed by atoms with E-state index in [1.54, 1.807) is 12.1 Å². The van der Waals surface area contributed by atoms with Crippen molar-refractivity contribution in [2.75, 3.05) is 0 Å². The third-order valence-electron chi connectivity index (χ3n) is 4.74. The summed E-state index contributed by atoms with van der Waals surface area (Å²) in [7, 11) is 0. The van der Waals surface area contributed by atoms with Crippen molar-refractivity contribution in [2.45, 2.75) is 64.2 Å². The zero-order chi connectivity index (χ0) is 15.8. The fraction of sp³-hybridized carbons (Fsp3) is 0.550. The van der Waals surface area contributed by atoms with Gasteiger partial charge < -0.3 is 0 Å². The SMILES string of the molecule is CCCCC/C=C/[C@H]1CC[C@H](c2ccc(C#N)c(F)c2)CC1. The summed E-state index contributed by atoms with van der Waals surface area (Å²) >= 11 is 0. The first kappa shape index (κ1) is 16.7. The molecule has 1 aliphatic carbocycles. The Morgan fingerprint density at radius 1 is 1.23 bits per heavy atom. The predicted molar refractivity (Wildman–Crippen MR) is 89.1 cm³/mol. The molecule has 0 N–H and O–H groups in total. The molecule has 2 heteroatoms. The van der Waals surface area contributed by atoms with Crippen LogP contribution in [0.3, 0.4) is 0 Å². The van der Waals surface area contributed by atoms with Gasteiger partial charge >= 0.3 is 0 Å². The number of halogens is 1. The molecule has 0 aliphatic heterocycles. The summed E-state index contributed by atoms with van der Waals surface area (Å²) in [6.45, 7) is 2.23. The maximum absolute atomic E-state index is 13.7. The number of hydrogen-bond donors (Lipinski definition) is 0. The number of benzene rings is 1. The first-order valence-electron chi connectivity index (χ1n) is 8.60. The maximum Gasteiger partial charge on any atom is 0.141 e. The lowest BCUT2D eigenvalue weighted by Crippen LogP contribution is -2.12. The molecule has 0 heterocycles. The van der Waals surface area contributed by atoms with Gasteiger partial charge in [0.15, 0.2) is 0 Å². The molecule has 1 nitrogen and oxygen atoms in total. The standard InChI is InChI=1S/C20H26FN/c1-2-3-4-5-6-7-16-8-10-17(11-9-16)18-12-13-19(15-22)20(21)14-18/h6-7,12-14,16-17H,2-5,8-11H2,1H3/b7-6+/t16-,17-. The van der Waals surface area contributed by atoms with Crippen LogP contribution in [0.15, 0.2) is 30.4 Å². The second-order valence-electron chi connectivity index (χ2n) is 6.39. The summed E-state index contributed by atoms with van der Waals surface area (Å²) in [5.41, 5.74) is 1.20. The summed E-state index contributed by atoms with van der Waals surface area (Å²) in [4.78, 5) is 0. The van der Waals surface area contributed by atoms with Crippen molar-refractivity contribution in [3.63, 3.8) is 0 Å². The number of unbranched alkanes of at least 4 members (excludes halogenated alkanes) is 3. The van der Waals surface area contributed by atoms with Crippen LogP contribution in [0.1, 0.15) is 75.3 Å². The molecule has 1 saturated carbocycles. The van der Waals surface area contributed by atoms with Crippen LogP contribution < -0.4 is 0 Å². The Morgan fingerprint density at radius 3 is 2.64 bits per heavy atom.